The predicted octanol–water partition coefficient (Wildman–Crippen LogP) is 26.1. The fraction of sp³-hybridized carbons (Fsp3) is 0.184. The number of hydrogen-bond acceptors (Lipinski definition) is 2. The molecule has 0 saturated carbocycles. The highest BCUT2D eigenvalue weighted by molar-refractivity contribution is 7.00. The third-order valence-electron chi connectivity index (χ3n) is 23.6. The first-order chi connectivity index (χ1) is 51.9. The van der Waals surface area contributed by atoms with Gasteiger partial charge in [-0.05, 0) is 179 Å². The minimum Gasteiger partial charge on any atom is -0.310 e. The highest BCUT2D eigenvalue weighted by Gasteiger charge is 2.47. The minimum atomic E-state index is -0.520. The van der Waals surface area contributed by atoms with Gasteiger partial charge in [0.2, 0.25) is 0 Å². The predicted molar refractivity (Wildman–Crippen MR) is 464 cm³/mol. The van der Waals surface area contributed by atoms with Crippen LogP contribution in [-0.4, -0.2) is 15.8 Å². The Morgan fingerprint density at radius 2 is 0.519 bits per heavy atom. The van der Waals surface area contributed by atoms with Crippen molar-refractivity contribution in [2.75, 3.05) is 9.80 Å². The van der Waals surface area contributed by atoms with Gasteiger partial charge in [0.1, 0.15) is 0 Å². The van der Waals surface area contributed by atoms with E-state index in [-0.39, 0.29) is 28.4 Å². The van der Waals surface area contributed by atoms with Gasteiger partial charge < -0.3 is 18.9 Å². The maximum atomic E-state index is 2.72. The Hall–Kier alpha value is -11.7. The van der Waals surface area contributed by atoms with Crippen LogP contribution in [0.3, 0.4) is 0 Å². The van der Waals surface area contributed by atoms with Crippen LogP contribution in [0.25, 0.3) is 99.5 Å². The Kier molecular flexibility index (Phi) is 15.9. The van der Waals surface area contributed by atoms with Crippen molar-refractivity contribution in [3.8, 4) is 55.9 Å². The number of nitrogens with zero attached hydrogens (tertiary/aromatic N) is 4. The van der Waals surface area contributed by atoms with Gasteiger partial charge in [0.15, 0.2) is 0 Å². The lowest BCUT2D eigenvalue weighted by Gasteiger charge is -2.46. The van der Waals surface area contributed by atoms with E-state index in [9.17, 15) is 0 Å². The molecule has 16 aromatic rings. The monoisotopic (exact) mass is 1400 g/mol. The van der Waals surface area contributed by atoms with Crippen molar-refractivity contribution in [3.05, 3.63) is 343 Å². The van der Waals surface area contributed by atoms with Gasteiger partial charge in [-0.1, -0.05) is 321 Å². The number of rotatable bonds is 10. The molecule has 0 amide bonds. The van der Waals surface area contributed by atoms with Gasteiger partial charge in [-0.25, -0.2) is 0 Å². The fourth-order valence-corrected chi connectivity index (χ4v) is 17.5. The SMILES string of the molecule is CC(C)(C)c1ccc2c(c1)c1cc(C(C)(C)C)ccc1n2-c1ccc2c(c1)N(c1c(-c3ccccc3)cccc1-c1ccccc1)c1cc(C(C)(C)c3ccccc3)cc3c1B2c1ccc(-n2c4ccc(C(C)(C)C)cc4c4cc(C(C)(C)C)ccc42)cc1N3c1c(-c2ccccc2)cccc1-c1ccccc1. The lowest BCUT2D eigenvalue weighted by atomic mass is 9.33. The summed E-state index contributed by atoms with van der Waals surface area (Å²) < 4.78 is 5.13. The molecular weight excluding hydrogens is 1300 g/mol. The van der Waals surface area contributed by atoms with Crippen LogP contribution in [0.5, 0.6) is 0 Å². The topological polar surface area (TPSA) is 16.3 Å². The molecule has 0 fully saturated rings. The molecule has 2 aliphatic rings. The lowest BCUT2D eigenvalue weighted by Crippen LogP contribution is -2.61. The Morgan fingerprint density at radius 3 is 0.806 bits per heavy atom. The fourth-order valence-electron chi connectivity index (χ4n) is 17.5. The molecule has 0 saturated heterocycles. The van der Waals surface area contributed by atoms with Gasteiger partial charge in [0.05, 0.1) is 33.4 Å². The Balaban J connectivity index is 1.02. The first-order valence-corrected chi connectivity index (χ1v) is 38.7. The van der Waals surface area contributed by atoms with Crippen LogP contribution in [-0.2, 0) is 27.1 Å². The molecule has 108 heavy (non-hydrogen) atoms. The molecule has 4 nitrogen and oxygen atoms in total. The van der Waals surface area contributed by atoms with Crippen LogP contribution in [0.2, 0.25) is 0 Å². The summed E-state index contributed by atoms with van der Waals surface area (Å²) in [6, 6.07) is 119. The van der Waals surface area contributed by atoms with E-state index in [1.54, 1.807) is 0 Å². The zero-order valence-electron chi connectivity index (χ0n) is 64.8. The van der Waals surface area contributed by atoms with Gasteiger partial charge in [-0.2, -0.15) is 0 Å². The Morgan fingerprint density at radius 1 is 0.231 bits per heavy atom. The lowest BCUT2D eigenvalue weighted by molar-refractivity contribution is 0.590. The van der Waals surface area contributed by atoms with Crippen molar-refractivity contribution in [2.24, 2.45) is 0 Å². The van der Waals surface area contributed by atoms with Crippen LogP contribution in [0, 0.1) is 0 Å². The highest BCUT2D eigenvalue weighted by atomic mass is 15.2. The van der Waals surface area contributed by atoms with E-state index in [0.717, 1.165) is 90.0 Å². The van der Waals surface area contributed by atoms with Crippen LogP contribution < -0.4 is 26.2 Å². The van der Waals surface area contributed by atoms with E-state index < -0.39 is 5.41 Å². The summed E-state index contributed by atoms with van der Waals surface area (Å²) in [6.07, 6.45) is 0. The summed E-state index contributed by atoms with van der Waals surface area (Å²) in [5, 5.41) is 5.04. The molecule has 5 heteroatoms. The Labute approximate surface area is 638 Å². The highest BCUT2D eigenvalue weighted by Crippen LogP contribution is 2.55. The summed E-state index contributed by atoms with van der Waals surface area (Å²) in [4.78, 5) is 5.45. The van der Waals surface area contributed by atoms with Crippen LogP contribution in [0.1, 0.15) is 130 Å². The average molecular weight is 1400 g/mol. The number of hydrogen-bond donors (Lipinski definition) is 0. The molecule has 0 atom stereocenters. The second kappa shape index (κ2) is 25.2. The van der Waals surface area contributed by atoms with Crippen molar-refractivity contribution in [1.82, 2.24) is 9.13 Å². The zero-order chi connectivity index (χ0) is 74.5. The van der Waals surface area contributed by atoms with E-state index in [2.05, 4.69) is 425 Å². The first kappa shape index (κ1) is 68.2. The molecule has 0 bridgehead atoms. The van der Waals surface area contributed by atoms with Gasteiger partial charge in [-0.3, -0.25) is 0 Å². The molecule has 0 radical (unpaired) electrons. The molecule has 0 unspecified atom stereocenters. The van der Waals surface area contributed by atoms with Gasteiger partial charge in [0.25, 0.3) is 6.71 Å². The summed E-state index contributed by atoms with van der Waals surface area (Å²) >= 11 is 0. The summed E-state index contributed by atoms with van der Waals surface area (Å²) in [7, 11) is 0. The molecule has 528 valence electrons. The number of benzene rings is 14. The molecular formula is C103H93BN4. The average Bonchev–Trinajstić information content (AvgIpc) is 0.743. The van der Waals surface area contributed by atoms with Gasteiger partial charge >= 0.3 is 0 Å². The standard InChI is InChI=1S/C103H93BN4/c1-99(2,3)71-46-54-88-82(58-71)83-59-72(100(4,5)6)47-55-89(83)105(88)76-50-52-86-92(64-76)107(97-78(66-32-20-15-21-33-66)42-30-43-79(97)67-34-22-16-23-35-67)94-62-75(103(13,14)70-40-28-19-29-41-70)63-95-96(94)104(86)87-53-51-77(106-90-56-48-73(101(7,8)9)60-84(90)85-61-74(102(10,11)12)49-57-91(85)106)65-93(87)108(95)98-80(68-36-24-17-25-37-68)44-31-45-81(98)69-38-26-18-27-39-69/h15-65H,1-14H3. The van der Waals surface area contributed by atoms with Crippen molar-refractivity contribution >= 4 is 101 Å². The molecule has 0 N–H and O–H groups in total. The molecule has 0 spiro atoms. The van der Waals surface area contributed by atoms with Crippen molar-refractivity contribution in [1.29, 1.82) is 0 Å². The minimum absolute atomic E-state index is 0.0610. The van der Waals surface area contributed by atoms with Gasteiger partial charge in [0, 0.05) is 83.3 Å². The smallest absolute Gasteiger partial charge is 0.252 e. The number of fused-ring (bicyclic) bond motifs is 10. The zero-order valence-corrected chi connectivity index (χ0v) is 64.8. The van der Waals surface area contributed by atoms with E-state index in [4.69, 9.17) is 0 Å². The first-order valence-electron chi connectivity index (χ1n) is 38.7. The molecule has 2 aliphatic heterocycles. The molecule has 4 heterocycles. The third-order valence-corrected chi connectivity index (χ3v) is 23.6. The van der Waals surface area contributed by atoms with E-state index in [0.29, 0.717) is 0 Å². The number of anilines is 6. The number of para-hydroxylation sites is 2. The van der Waals surface area contributed by atoms with E-state index >= 15 is 0 Å². The summed E-state index contributed by atoms with van der Waals surface area (Å²) in [6.45, 7) is 32.6. The second-order valence-corrected chi connectivity index (χ2v) is 35.0. The van der Waals surface area contributed by atoms with Crippen molar-refractivity contribution < 1.29 is 0 Å². The molecule has 0 aliphatic carbocycles. The van der Waals surface area contributed by atoms with Crippen molar-refractivity contribution in [2.45, 2.75) is 124 Å². The third kappa shape index (κ3) is 11.2. The Bertz CT molecular complexity index is 5620. The van der Waals surface area contributed by atoms with Crippen LogP contribution in [0.15, 0.2) is 309 Å². The quantitative estimate of drug-likeness (QED) is 0.127. The molecule has 2 aromatic heterocycles. The van der Waals surface area contributed by atoms with E-state index in [1.165, 1.54) is 93.4 Å². The van der Waals surface area contributed by atoms with Gasteiger partial charge in [-0.15, -0.1) is 0 Å². The normalized spacial score (nSPS) is 13.2. The van der Waals surface area contributed by atoms with Crippen LogP contribution >= 0.6 is 0 Å². The maximum Gasteiger partial charge on any atom is 0.252 e. The summed E-state index contributed by atoms with van der Waals surface area (Å²) in [5.41, 5.74) is 33.5. The molecule has 14 aromatic carbocycles. The van der Waals surface area contributed by atoms with Crippen molar-refractivity contribution in [3.63, 3.8) is 0 Å². The van der Waals surface area contributed by atoms with E-state index in [1.807, 2.05) is 0 Å². The summed E-state index contributed by atoms with van der Waals surface area (Å²) in [5.74, 6) is 0. The molecule has 18 rings (SSSR count). The second-order valence-electron chi connectivity index (χ2n) is 35.0. The maximum absolute atomic E-state index is 2.72. The van der Waals surface area contributed by atoms with Crippen LogP contribution in [0.4, 0.5) is 34.1 Å². The largest absolute Gasteiger partial charge is 0.310 e. The number of aromatic nitrogens is 2.